The highest BCUT2D eigenvalue weighted by atomic mass is 28.4. The van der Waals surface area contributed by atoms with Gasteiger partial charge in [-0.1, -0.05) is 0 Å². The molecule has 0 radical (unpaired) electrons. The van der Waals surface area contributed by atoms with Gasteiger partial charge in [0.2, 0.25) is 0 Å². The zero-order chi connectivity index (χ0) is 11.9. The third-order valence-electron chi connectivity index (χ3n) is 2.20. The van der Waals surface area contributed by atoms with Crippen LogP contribution in [0.3, 0.4) is 0 Å². The smallest absolute Gasteiger partial charge is 0.377 e. The Hall–Kier alpha value is 0.0169. The summed E-state index contributed by atoms with van der Waals surface area (Å²) in [5.74, 6) is 0. The van der Waals surface area contributed by atoms with Gasteiger partial charge in [-0.15, -0.1) is 0 Å². The van der Waals surface area contributed by atoms with Gasteiger partial charge >= 0.3 is 8.80 Å². The van der Waals surface area contributed by atoms with Gasteiger partial charge in [0.1, 0.15) is 0 Å². The maximum Gasteiger partial charge on any atom is 0.498 e. The minimum atomic E-state index is -2.48. The van der Waals surface area contributed by atoms with E-state index in [-0.39, 0.29) is 6.23 Å². The maximum atomic E-state index is 5.83. The number of nitrogens with two attached hydrogens (primary N) is 1. The molecule has 1 atom stereocenters. The summed E-state index contributed by atoms with van der Waals surface area (Å²) >= 11 is 0. The Morgan fingerprint density at radius 2 is 1.80 bits per heavy atom. The summed E-state index contributed by atoms with van der Waals surface area (Å²) < 4.78 is 15.9. The zero-order valence-corrected chi connectivity index (χ0v) is 11.4. The molecule has 6 heteroatoms. The third-order valence-corrected chi connectivity index (χ3v) is 4.42. The van der Waals surface area contributed by atoms with E-state index in [0.29, 0.717) is 0 Å². The van der Waals surface area contributed by atoms with Crippen molar-refractivity contribution >= 4 is 8.80 Å². The van der Waals surface area contributed by atoms with Gasteiger partial charge < -0.3 is 23.9 Å². The molecule has 0 aliphatic heterocycles. The van der Waals surface area contributed by atoms with Crippen molar-refractivity contribution < 1.29 is 13.3 Å². The average Bonchev–Trinajstić information content (AvgIpc) is 2.17. The first kappa shape index (κ1) is 15.0. The second-order valence-electron chi connectivity index (χ2n) is 3.87. The van der Waals surface area contributed by atoms with Crippen LogP contribution in [0.25, 0.3) is 0 Å². The average molecular weight is 236 g/mol. The summed E-state index contributed by atoms with van der Waals surface area (Å²) in [4.78, 5) is 2.12. The van der Waals surface area contributed by atoms with Crippen molar-refractivity contribution in [2.24, 2.45) is 5.73 Å². The Labute approximate surface area is 93.9 Å². The molecule has 0 amide bonds. The largest absolute Gasteiger partial charge is 0.498 e. The van der Waals surface area contributed by atoms with Crippen LogP contribution < -0.4 is 5.73 Å². The van der Waals surface area contributed by atoms with Gasteiger partial charge in [0.05, 0.1) is 6.23 Å². The summed E-state index contributed by atoms with van der Waals surface area (Å²) in [6, 6.07) is 0. The maximum absolute atomic E-state index is 5.83. The molecule has 15 heavy (non-hydrogen) atoms. The lowest BCUT2D eigenvalue weighted by atomic mass is 10.3. The van der Waals surface area contributed by atoms with Crippen molar-refractivity contribution in [1.29, 1.82) is 0 Å². The van der Waals surface area contributed by atoms with Crippen LogP contribution in [0.5, 0.6) is 0 Å². The molecule has 5 nitrogen and oxygen atoms in total. The van der Waals surface area contributed by atoms with Crippen molar-refractivity contribution in [3.05, 3.63) is 0 Å². The van der Waals surface area contributed by atoms with E-state index in [2.05, 4.69) is 4.90 Å². The van der Waals surface area contributed by atoms with Crippen LogP contribution in [0.15, 0.2) is 0 Å². The van der Waals surface area contributed by atoms with Gasteiger partial charge in [0.25, 0.3) is 0 Å². The Balaban J connectivity index is 3.76. The Kier molecular flexibility index (Phi) is 7.32. The third kappa shape index (κ3) is 6.99. The highest BCUT2D eigenvalue weighted by Gasteiger charge is 2.34. The molecule has 0 aromatic heterocycles. The van der Waals surface area contributed by atoms with Gasteiger partial charge in [0, 0.05) is 20.8 Å². The van der Waals surface area contributed by atoms with Gasteiger partial charge in [-0.2, -0.15) is 0 Å². The van der Waals surface area contributed by atoms with Crippen LogP contribution in [0.4, 0.5) is 0 Å². The van der Waals surface area contributed by atoms with E-state index in [9.17, 15) is 0 Å². The lowest BCUT2D eigenvalue weighted by molar-refractivity contribution is 0.0582. The van der Waals surface area contributed by atoms with Crippen molar-refractivity contribution in [2.75, 3.05) is 34.9 Å². The van der Waals surface area contributed by atoms with E-state index < -0.39 is 8.80 Å². The van der Waals surface area contributed by atoms with Gasteiger partial charge in [-0.3, -0.25) is 0 Å². The molecule has 0 bridgehead atoms. The summed E-state index contributed by atoms with van der Waals surface area (Å²) in [6.45, 7) is 2.84. The molecule has 92 valence electrons. The predicted octanol–water partition coefficient (Wildman–Crippen LogP) is 0.491. The SMILES string of the molecule is CO[Si](C)(OC)OC(N)CCCN(C)C. The fourth-order valence-corrected chi connectivity index (χ4v) is 2.15. The molecule has 0 aromatic rings. The fourth-order valence-electron chi connectivity index (χ4n) is 1.12. The molecule has 0 aliphatic carbocycles. The van der Waals surface area contributed by atoms with E-state index in [0.717, 1.165) is 19.4 Å². The first-order valence-electron chi connectivity index (χ1n) is 5.12. The molecule has 0 aromatic carbocycles. The van der Waals surface area contributed by atoms with Crippen molar-refractivity contribution in [3.8, 4) is 0 Å². The predicted molar refractivity (Wildman–Crippen MR) is 62.5 cm³/mol. The second-order valence-corrected chi connectivity index (χ2v) is 6.65. The van der Waals surface area contributed by atoms with Gasteiger partial charge in [0.15, 0.2) is 0 Å². The summed E-state index contributed by atoms with van der Waals surface area (Å²) in [7, 11) is 4.77. The molecule has 0 aliphatic rings. The molecule has 0 fully saturated rings. The van der Waals surface area contributed by atoms with Crippen LogP contribution in [-0.2, 0) is 13.3 Å². The van der Waals surface area contributed by atoms with Crippen molar-refractivity contribution in [3.63, 3.8) is 0 Å². The summed E-state index contributed by atoms with van der Waals surface area (Å²) in [5.41, 5.74) is 5.83. The minimum absolute atomic E-state index is 0.304. The first-order valence-corrected chi connectivity index (χ1v) is 7.34. The van der Waals surface area contributed by atoms with E-state index in [4.69, 9.17) is 19.0 Å². The summed E-state index contributed by atoms with van der Waals surface area (Å²) in [5, 5.41) is 0. The first-order chi connectivity index (χ1) is 6.93. The van der Waals surface area contributed by atoms with E-state index in [1.54, 1.807) is 14.2 Å². The van der Waals surface area contributed by atoms with Crippen molar-refractivity contribution in [1.82, 2.24) is 4.90 Å². The van der Waals surface area contributed by atoms with Crippen molar-refractivity contribution in [2.45, 2.75) is 25.6 Å². The highest BCUT2D eigenvalue weighted by Crippen LogP contribution is 2.10. The topological polar surface area (TPSA) is 57.0 Å². The normalized spacial score (nSPS) is 14.6. The van der Waals surface area contributed by atoms with E-state index in [1.807, 2.05) is 20.6 Å². The Bertz CT molecular complexity index is 165. The molecule has 0 heterocycles. The lowest BCUT2D eigenvalue weighted by Gasteiger charge is -2.26. The van der Waals surface area contributed by atoms with Gasteiger partial charge in [-0.25, -0.2) is 0 Å². The number of hydrogen-bond acceptors (Lipinski definition) is 5. The Morgan fingerprint density at radius 1 is 1.27 bits per heavy atom. The zero-order valence-electron chi connectivity index (χ0n) is 10.4. The quantitative estimate of drug-likeness (QED) is 0.491. The molecular formula is C9H24N2O3Si. The van der Waals surface area contributed by atoms with Crippen LogP contribution >= 0.6 is 0 Å². The monoisotopic (exact) mass is 236 g/mol. The van der Waals surface area contributed by atoms with Crippen LogP contribution in [0.2, 0.25) is 6.55 Å². The van der Waals surface area contributed by atoms with Crippen LogP contribution in [-0.4, -0.2) is 54.8 Å². The van der Waals surface area contributed by atoms with Crippen LogP contribution in [0, 0.1) is 0 Å². The summed E-state index contributed by atoms with van der Waals surface area (Å²) in [6.07, 6.45) is 1.51. The molecule has 0 rings (SSSR count). The molecule has 2 N–H and O–H groups in total. The molecule has 1 unspecified atom stereocenters. The highest BCUT2D eigenvalue weighted by molar-refractivity contribution is 6.59. The lowest BCUT2D eigenvalue weighted by Crippen LogP contribution is -2.46. The molecule has 0 saturated heterocycles. The number of nitrogens with zero attached hydrogens (tertiary/aromatic N) is 1. The van der Waals surface area contributed by atoms with E-state index >= 15 is 0 Å². The second kappa shape index (κ2) is 7.32. The molecular weight excluding hydrogens is 212 g/mol. The fraction of sp³-hybridized carbons (Fsp3) is 1.00. The molecule has 0 saturated carbocycles. The number of rotatable bonds is 8. The standard InChI is InChI=1S/C9H24N2O3Si/c1-11(2)8-6-7-9(10)14-15(5,12-3)13-4/h9H,6-8,10H2,1-5H3. The van der Waals surface area contributed by atoms with Crippen LogP contribution in [0.1, 0.15) is 12.8 Å². The minimum Gasteiger partial charge on any atom is -0.377 e. The molecule has 0 spiro atoms. The van der Waals surface area contributed by atoms with E-state index in [1.165, 1.54) is 0 Å². The number of hydrogen-bond donors (Lipinski definition) is 1. The Morgan fingerprint density at radius 3 is 2.20 bits per heavy atom. The van der Waals surface area contributed by atoms with Gasteiger partial charge in [-0.05, 0) is 33.5 Å².